The number of hydrogen-bond acceptors (Lipinski definition) is 2. The van der Waals surface area contributed by atoms with Crippen LogP contribution in [0.15, 0.2) is 18.2 Å². The Hall–Kier alpha value is -0.850. The lowest BCUT2D eigenvalue weighted by Crippen LogP contribution is -2.33. The summed E-state index contributed by atoms with van der Waals surface area (Å²) in [4.78, 5) is 0. The van der Waals surface area contributed by atoms with Gasteiger partial charge in [-0.3, -0.25) is 5.32 Å². The number of rotatable bonds is 4. The second kappa shape index (κ2) is 5.66. The zero-order valence-corrected chi connectivity index (χ0v) is 9.32. The van der Waals surface area contributed by atoms with E-state index in [9.17, 15) is 17.6 Å². The molecule has 2 N–H and O–H groups in total. The van der Waals surface area contributed by atoms with Crippen molar-refractivity contribution >= 4 is 11.6 Å². The van der Waals surface area contributed by atoms with Gasteiger partial charge in [0.05, 0.1) is 19.2 Å². The summed E-state index contributed by atoms with van der Waals surface area (Å²) in [6.45, 7) is -1.86. The normalized spacial score (nSPS) is 13.8. The van der Waals surface area contributed by atoms with Gasteiger partial charge in [-0.25, -0.2) is 4.39 Å². The fraction of sp³-hybridized carbons (Fsp3) is 0.400. The molecule has 1 atom stereocenters. The molecule has 0 fully saturated rings. The average Bonchev–Trinajstić information content (AvgIpc) is 2.15. The first-order chi connectivity index (χ1) is 7.81. The van der Waals surface area contributed by atoms with Crippen molar-refractivity contribution in [3.05, 3.63) is 34.6 Å². The van der Waals surface area contributed by atoms with Crippen LogP contribution in [0.25, 0.3) is 0 Å². The number of nitrogens with one attached hydrogen (secondary N) is 1. The first-order valence-electron chi connectivity index (χ1n) is 4.69. The summed E-state index contributed by atoms with van der Waals surface area (Å²) in [5.41, 5.74) is 0.168. The van der Waals surface area contributed by atoms with Gasteiger partial charge in [0.15, 0.2) is 0 Å². The minimum absolute atomic E-state index is 0.0623. The number of aliphatic hydroxyl groups is 1. The molecule has 0 aromatic heterocycles. The Labute approximate surface area is 100 Å². The van der Waals surface area contributed by atoms with Crippen LogP contribution in [-0.2, 0) is 0 Å². The highest BCUT2D eigenvalue weighted by molar-refractivity contribution is 6.30. The standard InChI is InChI=1S/C10H10ClF4NO/c11-7-1-6(2-8(12)3-7)9(4-17)16-5-10(13,14)15/h1-3,9,16-17H,4-5H2. The second-order valence-electron chi connectivity index (χ2n) is 3.43. The van der Waals surface area contributed by atoms with Crippen LogP contribution in [0.4, 0.5) is 17.6 Å². The van der Waals surface area contributed by atoms with E-state index in [2.05, 4.69) is 5.32 Å². The monoisotopic (exact) mass is 271 g/mol. The van der Waals surface area contributed by atoms with Crippen LogP contribution in [0, 0.1) is 5.82 Å². The van der Waals surface area contributed by atoms with E-state index in [0.29, 0.717) is 0 Å². The Morgan fingerprint density at radius 2 is 1.94 bits per heavy atom. The third kappa shape index (κ3) is 4.89. The van der Waals surface area contributed by atoms with Gasteiger partial charge < -0.3 is 5.11 Å². The first kappa shape index (κ1) is 14.2. The average molecular weight is 272 g/mol. The van der Waals surface area contributed by atoms with Crippen molar-refractivity contribution in [2.45, 2.75) is 12.2 Å². The highest BCUT2D eigenvalue weighted by Crippen LogP contribution is 2.21. The maximum atomic E-state index is 13.0. The molecule has 0 bridgehead atoms. The van der Waals surface area contributed by atoms with Gasteiger partial charge in [-0.1, -0.05) is 11.6 Å². The molecule has 0 saturated heterocycles. The van der Waals surface area contributed by atoms with Gasteiger partial charge in [0.25, 0.3) is 0 Å². The number of alkyl halides is 3. The maximum Gasteiger partial charge on any atom is 0.401 e. The summed E-state index contributed by atoms with van der Waals surface area (Å²) >= 11 is 5.57. The summed E-state index contributed by atoms with van der Waals surface area (Å²) in [6, 6.07) is 2.35. The van der Waals surface area contributed by atoms with Crippen LogP contribution in [0.5, 0.6) is 0 Å². The molecule has 2 nitrogen and oxygen atoms in total. The van der Waals surface area contributed by atoms with Crippen molar-refractivity contribution in [1.29, 1.82) is 0 Å². The van der Waals surface area contributed by atoms with E-state index in [0.717, 1.165) is 12.1 Å². The van der Waals surface area contributed by atoms with E-state index in [4.69, 9.17) is 16.7 Å². The van der Waals surface area contributed by atoms with Crippen LogP contribution in [0.1, 0.15) is 11.6 Å². The molecule has 7 heteroatoms. The summed E-state index contributed by atoms with van der Waals surface area (Å²) in [7, 11) is 0. The minimum Gasteiger partial charge on any atom is -0.394 e. The van der Waals surface area contributed by atoms with Crippen molar-refractivity contribution in [2.24, 2.45) is 0 Å². The smallest absolute Gasteiger partial charge is 0.394 e. The summed E-state index contributed by atoms with van der Waals surface area (Å²) in [5, 5.41) is 11.1. The van der Waals surface area contributed by atoms with Crippen molar-refractivity contribution < 1.29 is 22.7 Å². The van der Waals surface area contributed by atoms with Gasteiger partial charge in [-0.15, -0.1) is 0 Å². The number of halogens is 5. The highest BCUT2D eigenvalue weighted by atomic mass is 35.5. The number of benzene rings is 1. The lowest BCUT2D eigenvalue weighted by atomic mass is 10.1. The van der Waals surface area contributed by atoms with E-state index in [1.54, 1.807) is 0 Å². The van der Waals surface area contributed by atoms with E-state index < -0.39 is 31.2 Å². The maximum absolute atomic E-state index is 13.0. The summed E-state index contributed by atoms with van der Waals surface area (Å²) < 4.78 is 48.9. The molecule has 0 aliphatic rings. The number of aliphatic hydroxyl groups excluding tert-OH is 1. The van der Waals surface area contributed by atoms with Gasteiger partial charge in [-0.05, 0) is 23.8 Å². The van der Waals surface area contributed by atoms with Crippen LogP contribution in [0.2, 0.25) is 5.02 Å². The molecule has 96 valence electrons. The molecular formula is C10H10ClF4NO. The lowest BCUT2D eigenvalue weighted by molar-refractivity contribution is -0.126. The van der Waals surface area contributed by atoms with Crippen molar-refractivity contribution in [1.82, 2.24) is 5.32 Å². The van der Waals surface area contributed by atoms with Gasteiger partial charge in [0, 0.05) is 5.02 Å². The molecule has 1 aromatic rings. The Kier molecular flexibility index (Phi) is 4.73. The van der Waals surface area contributed by atoms with E-state index >= 15 is 0 Å². The molecule has 0 radical (unpaired) electrons. The minimum atomic E-state index is -4.40. The lowest BCUT2D eigenvalue weighted by Gasteiger charge is -2.18. The van der Waals surface area contributed by atoms with Crippen molar-refractivity contribution in [3.63, 3.8) is 0 Å². The van der Waals surface area contributed by atoms with Crippen LogP contribution < -0.4 is 5.32 Å². The molecular weight excluding hydrogens is 262 g/mol. The zero-order valence-electron chi connectivity index (χ0n) is 8.56. The van der Waals surface area contributed by atoms with E-state index in [1.807, 2.05) is 0 Å². The van der Waals surface area contributed by atoms with Crippen LogP contribution in [-0.4, -0.2) is 24.4 Å². The summed E-state index contributed by atoms with van der Waals surface area (Å²) in [6.07, 6.45) is -4.40. The van der Waals surface area contributed by atoms with Gasteiger partial charge in [0.2, 0.25) is 0 Å². The predicted molar refractivity (Wildman–Crippen MR) is 55.3 cm³/mol. The topological polar surface area (TPSA) is 32.3 Å². The Balaban J connectivity index is 2.79. The van der Waals surface area contributed by atoms with Crippen molar-refractivity contribution in [3.8, 4) is 0 Å². The largest absolute Gasteiger partial charge is 0.401 e. The Morgan fingerprint density at radius 1 is 1.29 bits per heavy atom. The van der Waals surface area contributed by atoms with Crippen molar-refractivity contribution in [2.75, 3.05) is 13.2 Å². The SMILES string of the molecule is OCC(NCC(F)(F)F)c1cc(F)cc(Cl)c1. The third-order valence-corrected chi connectivity index (χ3v) is 2.24. The first-order valence-corrected chi connectivity index (χ1v) is 5.06. The molecule has 0 amide bonds. The molecule has 1 aromatic carbocycles. The Morgan fingerprint density at radius 3 is 2.41 bits per heavy atom. The fourth-order valence-electron chi connectivity index (χ4n) is 1.30. The molecule has 0 spiro atoms. The highest BCUT2D eigenvalue weighted by Gasteiger charge is 2.28. The molecule has 1 unspecified atom stereocenters. The third-order valence-electron chi connectivity index (χ3n) is 2.02. The molecule has 17 heavy (non-hydrogen) atoms. The molecule has 0 heterocycles. The molecule has 0 aliphatic carbocycles. The quantitative estimate of drug-likeness (QED) is 0.825. The predicted octanol–water partition coefficient (Wildman–Crippen LogP) is 2.66. The van der Waals surface area contributed by atoms with Gasteiger partial charge >= 0.3 is 6.18 Å². The molecule has 1 rings (SSSR count). The summed E-state index contributed by atoms with van der Waals surface area (Å²) in [5.74, 6) is -0.667. The number of hydrogen-bond donors (Lipinski definition) is 2. The van der Waals surface area contributed by atoms with Crippen LogP contribution >= 0.6 is 11.6 Å². The molecule has 0 saturated carbocycles. The second-order valence-corrected chi connectivity index (χ2v) is 3.87. The van der Waals surface area contributed by atoms with Crippen LogP contribution in [0.3, 0.4) is 0 Å². The fourth-order valence-corrected chi connectivity index (χ4v) is 1.53. The Bertz CT molecular complexity index is 363. The van der Waals surface area contributed by atoms with Gasteiger partial charge in [-0.2, -0.15) is 13.2 Å². The van der Waals surface area contributed by atoms with E-state index in [1.165, 1.54) is 6.07 Å². The zero-order chi connectivity index (χ0) is 13.1. The van der Waals surface area contributed by atoms with Gasteiger partial charge in [0.1, 0.15) is 5.82 Å². The van der Waals surface area contributed by atoms with E-state index in [-0.39, 0.29) is 10.6 Å². The molecule has 0 aliphatic heterocycles.